The van der Waals surface area contributed by atoms with Gasteiger partial charge in [-0.25, -0.2) is 0 Å². The van der Waals surface area contributed by atoms with Crippen molar-refractivity contribution in [3.63, 3.8) is 0 Å². The zero-order valence-corrected chi connectivity index (χ0v) is 13.3. The minimum absolute atomic E-state index is 0.115. The Morgan fingerprint density at radius 3 is 2.52 bits per heavy atom. The van der Waals surface area contributed by atoms with Crippen LogP contribution in [0.2, 0.25) is 0 Å². The molecular formula is C17H23NO5. The maximum Gasteiger partial charge on any atom is 0.305 e. The van der Waals surface area contributed by atoms with Crippen LogP contribution in [-0.4, -0.2) is 42.3 Å². The van der Waals surface area contributed by atoms with Gasteiger partial charge >= 0.3 is 5.97 Å². The molecule has 0 radical (unpaired) electrons. The summed E-state index contributed by atoms with van der Waals surface area (Å²) < 4.78 is 10.9. The number of ether oxygens (including phenoxy) is 2. The molecule has 126 valence electrons. The van der Waals surface area contributed by atoms with Crippen molar-refractivity contribution < 1.29 is 24.2 Å². The van der Waals surface area contributed by atoms with Gasteiger partial charge in [0.15, 0.2) is 6.10 Å². The molecule has 6 heteroatoms. The first-order chi connectivity index (χ1) is 11.1. The number of nitrogens with one attached hydrogen (secondary N) is 1. The number of hydrogen-bond donors (Lipinski definition) is 2. The molecule has 1 aliphatic rings. The monoisotopic (exact) mass is 321 g/mol. The quantitative estimate of drug-likeness (QED) is 0.801. The van der Waals surface area contributed by atoms with E-state index in [-0.39, 0.29) is 12.3 Å². The van der Waals surface area contributed by atoms with E-state index in [1.165, 1.54) is 0 Å². The van der Waals surface area contributed by atoms with Gasteiger partial charge in [-0.1, -0.05) is 30.3 Å². The van der Waals surface area contributed by atoms with Crippen LogP contribution >= 0.6 is 0 Å². The first-order valence-corrected chi connectivity index (χ1v) is 7.84. The summed E-state index contributed by atoms with van der Waals surface area (Å²) in [4.78, 5) is 23.9. The number of aliphatic carboxylic acids is 1. The Morgan fingerprint density at radius 2 is 1.96 bits per heavy atom. The Hall–Kier alpha value is -1.92. The highest BCUT2D eigenvalue weighted by Crippen LogP contribution is 2.27. The summed E-state index contributed by atoms with van der Waals surface area (Å²) in [5, 5.41) is 12.1. The predicted molar refractivity (Wildman–Crippen MR) is 84.0 cm³/mol. The van der Waals surface area contributed by atoms with E-state index in [0.29, 0.717) is 32.7 Å². The number of benzene rings is 1. The first kappa shape index (κ1) is 17.4. The van der Waals surface area contributed by atoms with Crippen molar-refractivity contribution in [2.45, 2.75) is 37.8 Å². The van der Waals surface area contributed by atoms with Gasteiger partial charge in [0.1, 0.15) is 0 Å². The van der Waals surface area contributed by atoms with Crippen LogP contribution in [0.25, 0.3) is 0 Å². The fourth-order valence-electron chi connectivity index (χ4n) is 2.84. The normalized spacial score (nSPS) is 18.1. The third kappa shape index (κ3) is 4.77. The van der Waals surface area contributed by atoms with Crippen molar-refractivity contribution in [2.75, 3.05) is 19.8 Å². The molecule has 23 heavy (non-hydrogen) atoms. The second kappa shape index (κ2) is 8.08. The van der Waals surface area contributed by atoms with Gasteiger partial charge in [0.05, 0.1) is 12.0 Å². The maximum atomic E-state index is 12.7. The van der Waals surface area contributed by atoms with Crippen LogP contribution in [-0.2, 0) is 19.1 Å². The molecule has 0 saturated carbocycles. The van der Waals surface area contributed by atoms with Gasteiger partial charge < -0.3 is 19.9 Å². The molecule has 6 nitrogen and oxygen atoms in total. The second-order valence-electron chi connectivity index (χ2n) is 5.70. The van der Waals surface area contributed by atoms with Crippen molar-refractivity contribution >= 4 is 11.9 Å². The fraction of sp³-hybridized carbons (Fsp3) is 0.529. The number of carbonyl (C=O) groups is 2. The summed E-state index contributed by atoms with van der Waals surface area (Å²) in [5.41, 5.74) is -0.0185. The van der Waals surface area contributed by atoms with E-state index in [2.05, 4.69) is 5.32 Å². The van der Waals surface area contributed by atoms with Crippen molar-refractivity contribution in [1.29, 1.82) is 0 Å². The molecule has 1 amide bonds. The number of carboxylic acids is 1. The highest BCUT2D eigenvalue weighted by atomic mass is 16.5. The van der Waals surface area contributed by atoms with E-state index in [9.17, 15) is 14.7 Å². The summed E-state index contributed by atoms with van der Waals surface area (Å²) in [6.07, 6.45) is 0.113. The average Bonchev–Trinajstić information content (AvgIpc) is 2.53. The topological polar surface area (TPSA) is 84.9 Å². The molecule has 1 aromatic rings. The molecule has 2 N–H and O–H groups in total. The summed E-state index contributed by atoms with van der Waals surface area (Å²) in [6, 6.07) is 9.21. The van der Waals surface area contributed by atoms with Gasteiger partial charge in [-0.05, 0) is 25.3 Å². The number of carboxylic acid groups (broad SMARTS) is 1. The molecule has 0 spiro atoms. The third-order valence-corrected chi connectivity index (χ3v) is 4.00. The molecule has 1 atom stereocenters. The molecule has 2 rings (SSSR count). The molecular weight excluding hydrogens is 298 g/mol. The molecule has 1 heterocycles. The summed E-state index contributed by atoms with van der Waals surface area (Å²) in [6.45, 7) is 3.10. The van der Waals surface area contributed by atoms with Crippen LogP contribution in [0.15, 0.2) is 30.3 Å². The summed E-state index contributed by atoms with van der Waals surface area (Å²) in [7, 11) is 0. The minimum Gasteiger partial charge on any atom is -0.481 e. The van der Waals surface area contributed by atoms with Gasteiger partial charge in [-0.3, -0.25) is 9.59 Å². The number of amides is 1. The lowest BCUT2D eigenvalue weighted by Crippen LogP contribution is -2.54. The second-order valence-corrected chi connectivity index (χ2v) is 5.70. The first-order valence-electron chi connectivity index (χ1n) is 7.84. The van der Waals surface area contributed by atoms with Gasteiger partial charge in [-0.2, -0.15) is 0 Å². The van der Waals surface area contributed by atoms with E-state index in [0.717, 1.165) is 5.56 Å². The molecule has 1 aliphatic heterocycles. The molecule has 0 aromatic heterocycles. The van der Waals surface area contributed by atoms with Crippen molar-refractivity contribution in [3.05, 3.63) is 35.9 Å². The lowest BCUT2D eigenvalue weighted by Gasteiger charge is -2.37. The molecule has 0 aliphatic carbocycles. The van der Waals surface area contributed by atoms with Crippen molar-refractivity contribution in [2.24, 2.45) is 0 Å². The Bertz CT molecular complexity index is 525. The number of carbonyl (C=O) groups excluding carboxylic acids is 1. The zero-order chi connectivity index (χ0) is 16.7. The van der Waals surface area contributed by atoms with Crippen LogP contribution < -0.4 is 5.32 Å². The molecule has 1 aromatic carbocycles. The molecule has 1 fully saturated rings. The highest BCUT2D eigenvalue weighted by molar-refractivity contribution is 5.83. The third-order valence-electron chi connectivity index (χ3n) is 4.00. The van der Waals surface area contributed by atoms with Gasteiger partial charge in [0.25, 0.3) is 5.91 Å². The van der Waals surface area contributed by atoms with E-state index in [1.807, 2.05) is 37.3 Å². The molecule has 1 saturated heterocycles. The van der Waals surface area contributed by atoms with Gasteiger partial charge in [0.2, 0.25) is 0 Å². The smallest absolute Gasteiger partial charge is 0.305 e. The predicted octanol–water partition coefficient (Wildman–Crippen LogP) is 1.90. The van der Waals surface area contributed by atoms with Crippen molar-refractivity contribution in [3.8, 4) is 0 Å². The zero-order valence-electron chi connectivity index (χ0n) is 13.3. The van der Waals surface area contributed by atoms with Gasteiger partial charge in [0, 0.05) is 19.8 Å². The SMILES string of the molecule is CCOC(C(=O)NC1(CC(=O)O)CCOCC1)c1ccccc1. The van der Waals surface area contributed by atoms with Gasteiger partial charge in [-0.15, -0.1) is 0 Å². The fourth-order valence-corrected chi connectivity index (χ4v) is 2.84. The van der Waals surface area contributed by atoms with E-state index in [4.69, 9.17) is 9.47 Å². The average molecular weight is 321 g/mol. The van der Waals surface area contributed by atoms with E-state index in [1.54, 1.807) is 0 Å². The summed E-state index contributed by atoms with van der Waals surface area (Å²) >= 11 is 0. The summed E-state index contributed by atoms with van der Waals surface area (Å²) in [5.74, 6) is -1.24. The molecule has 1 unspecified atom stereocenters. The lowest BCUT2D eigenvalue weighted by atomic mass is 9.86. The highest BCUT2D eigenvalue weighted by Gasteiger charge is 2.38. The molecule has 0 bridgehead atoms. The lowest BCUT2D eigenvalue weighted by molar-refractivity contribution is -0.142. The van der Waals surface area contributed by atoms with Crippen LogP contribution in [0.1, 0.15) is 37.9 Å². The van der Waals surface area contributed by atoms with Crippen LogP contribution in [0, 0.1) is 0 Å². The Kier molecular flexibility index (Phi) is 6.12. The van der Waals surface area contributed by atoms with Crippen molar-refractivity contribution in [1.82, 2.24) is 5.32 Å². The number of hydrogen-bond acceptors (Lipinski definition) is 4. The van der Waals surface area contributed by atoms with Crippen LogP contribution in [0.4, 0.5) is 0 Å². The standard InChI is InChI=1S/C17H23NO5/c1-2-23-15(13-6-4-3-5-7-13)16(21)18-17(12-14(19)20)8-10-22-11-9-17/h3-7,15H,2,8-12H2,1H3,(H,18,21)(H,19,20). The largest absolute Gasteiger partial charge is 0.481 e. The number of rotatable bonds is 7. The Balaban J connectivity index is 2.16. The van der Waals surface area contributed by atoms with Crippen LogP contribution in [0.3, 0.4) is 0 Å². The van der Waals surface area contributed by atoms with E-state index >= 15 is 0 Å². The van der Waals surface area contributed by atoms with Crippen LogP contribution in [0.5, 0.6) is 0 Å². The Labute approximate surface area is 135 Å². The Morgan fingerprint density at radius 1 is 1.30 bits per heavy atom. The maximum absolute atomic E-state index is 12.7. The minimum atomic E-state index is -0.931. The van der Waals surface area contributed by atoms with E-state index < -0.39 is 17.6 Å².